The van der Waals surface area contributed by atoms with Crippen LogP contribution >= 0.6 is 0 Å². The minimum absolute atomic E-state index is 0.503. The number of rotatable bonds is 4. The maximum atomic E-state index is 5.98. The standard InChI is InChI=1S/C20H34N2O2/c1-3-9-19-17(7-1)21(13-15-23-19)11-5-6-12-22-14-16-24-20-10-4-2-8-18(20)22/h5-6,17-20H,1-4,7-16H2. The summed E-state index contributed by atoms with van der Waals surface area (Å²) in [4.78, 5) is 5.32. The smallest absolute Gasteiger partial charge is 0.0731 e. The van der Waals surface area contributed by atoms with Gasteiger partial charge in [0.05, 0.1) is 25.4 Å². The van der Waals surface area contributed by atoms with Crippen molar-refractivity contribution < 1.29 is 9.47 Å². The summed E-state index contributed by atoms with van der Waals surface area (Å²) in [6.45, 7) is 6.25. The molecule has 2 aliphatic heterocycles. The van der Waals surface area contributed by atoms with E-state index in [1.165, 1.54) is 51.4 Å². The lowest BCUT2D eigenvalue weighted by Gasteiger charge is -2.44. The molecule has 0 bridgehead atoms. The molecule has 0 aromatic rings. The molecule has 0 spiro atoms. The fourth-order valence-corrected chi connectivity index (χ4v) is 5.23. The topological polar surface area (TPSA) is 24.9 Å². The molecule has 4 rings (SSSR count). The molecule has 2 heterocycles. The van der Waals surface area contributed by atoms with Crippen LogP contribution in [0.4, 0.5) is 0 Å². The molecule has 4 atom stereocenters. The van der Waals surface area contributed by atoms with Crippen LogP contribution in [0, 0.1) is 0 Å². The summed E-state index contributed by atoms with van der Waals surface area (Å²) >= 11 is 0. The molecule has 0 aromatic carbocycles. The molecule has 24 heavy (non-hydrogen) atoms. The van der Waals surface area contributed by atoms with E-state index in [1.54, 1.807) is 0 Å². The van der Waals surface area contributed by atoms with Crippen LogP contribution in [0.1, 0.15) is 51.4 Å². The van der Waals surface area contributed by atoms with Crippen molar-refractivity contribution >= 4 is 0 Å². The van der Waals surface area contributed by atoms with Gasteiger partial charge in [0.25, 0.3) is 0 Å². The highest BCUT2D eigenvalue weighted by molar-refractivity contribution is 4.96. The number of nitrogens with zero attached hydrogens (tertiary/aromatic N) is 2. The van der Waals surface area contributed by atoms with E-state index >= 15 is 0 Å². The lowest BCUT2D eigenvalue weighted by molar-refractivity contribution is -0.0853. The summed E-state index contributed by atoms with van der Waals surface area (Å²) in [6.07, 6.45) is 16.5. The van der Waals surface area contributed by atoms with Crippen molar-refractivity contribution in [1.82, 2.24) is 9.80 Å². The van der Waals surface area contributed by atoms with Crippen molar-refractivity contribution in [3.8, 4) is 0 Å². The average molecular weight is 335 g/mol. The van der Waals surface area contributed by atoms with E-state index in [0.29, 0.717) is 24.3 Å². The first-order chi connectivity index (χ1) is 11.9. The van der Waals surface area contributed by atoms with E-state index in [2.05, 4.69) is 22.0 Å². The number of fused-ring (bicyclic) bond motifs is 2. The number of morpholine rings is 2. The summed E-state index contributed by atoms with van der Waals surface area (Å²) in [7, 11) is 0. The Bertz CT molecular complexity index is 386. The average Bonchev–Trinajstić information content (AvgIpc) is 2.65. The molecule has 4 aliphatic rings. The van der Waals surface area contributed by atoms with Crippen LogP contribution in [-0.2, 0) is 9.47 Å². The van der Waals surface area contributed by atoms with Crippen molar-refractivity contribution in [1.29, 1.82) is 0 Å². The molecular formula is C20H34N2O2. The Morgan fingerprint density at radius 1 is 0.667 bits per heavy atom. The summed E-state index contributed by atoms with van der Waals surface area (Å²) in [5, 5.41) is 0. The van der Waals surface area contributed by atoms with Gasteiger partial charge in [-0.15, -0.1) is 0 Å². The minimum atomic E-state index is 0.503. The Balaban J connectivity index is 1.26. The molecule has 136 valence electrons. The number of hydrogen-bond acceptors (Lipinski definition) is 4. The highest BCUT2D eigenvalue weighted by atomic mass is 16.5. The Morgan fingerprint density at radius 2 is 1.12 bits per heavy atom. The van der Waals surface area contributed by atoms with E-state index in [-0.39, 0.29) is 0 Å². The maximum absolute atomic E-state index is 5.98. The van der Waals surface area contributed by atoms with Crippen LogP contribution in [-0.4, -0.2) is 73.5 Å². The number of hydrogen-bond donors (Lipinski definition) is 0. The molecule has 4 heteroatoms. The molecule has 0 N–H and O–H groups in total. The highest BCUT2D eigenvalue weighted by Gasteiger charge is 2.34. The zero-order valence-electron chi connectivity index (χ0n) is 15.1. The Kier molecular flexibility index (Phi) is 5.89. The Morgan fingerprint density at radius 3 is 1.62 bits per heavy atom. The summed E-state index contributed by atoms with van der Waals surface area (Å²) < 4.78 is 12.0. The second-order valence-corrected chi connectivity index (χ2v) is 7.98. The van der Waals surface area contributed by atoms with Gasteiger partial charge in [-0.3, -0.25) is 9.80 Å². The maximum Gasteiger partial charge on any atom is 0.0731 e. The largest absolute Gasteiger partial charge is 0.375 e. The first-order valence-electron chi connectivity index (χ1n) is 10.3. The third-order valence-electron chi connectivity index (χ3n) is 6.54. The molecule has 2 saturated carbocycles. The quantitative estimate of drug-likeness (QED) is 0.738. The van der Waals surface area contributed by atoms with Crippen LogP contribution in [0.25, 0.3) is 0 Å². The van der Waals surface area contributed by atoms with Gasteiger partial charge in [0, 0.05) is 38.3 Å². The summed E-state index contributed by atoms with van der Waals surface area (Å²) in [6, 6.07) is 1.34. The predicted octanol–water partition coefficient (Wildman–Crippen LogP) is 2.83. The minimum Gasteiger partial charge on any atom is -0.375 e. The van der Waals surface area contributed by atoms with Crippen molar-refractivity contribution in [2.75, 3.05) is 39.4 Å². The third kappa shape index (κ3) is 3.87. The molecule has 2 aliphatic carbocycles. The third-order valence-corrected chi connectivity index (χ3v) is 6.54. The first-order valence-corrected chi connectivity index (χ1v) is 10.3. The van der Waals surface area contributed by atoms with E-state index < -0.39 is 0 Å². The van der Waals surface area contributed by atoms with Gasteiger partial charge in [-0.25, -0.2) is 0 Å². The summed E-state index contributed by atoms with van der Waals surface area (Å²) in [5.74, 6) is 0. The molecule has 0 aromatic heterocycles. The van der Waals surface area contributed by atoms with Crippen molar-refractivity contribution in [2.45, 2.75) is 75.7 Å². The fourth-order valence-electron chi connectivity index (χ4n) is 5.23. The number of ether oxygens (including phenoxy) is 2. The molecule has 4 nitrogen and oxygen atoms in total. The normalized spacial score (nSPS) is 38.8. The second kappa shape index (κ2) is 8.31. The molecule has 2 saturated heterocycles. The van der Waals surface area contributed by atoms with Gasteiger partial charge < -0.3 is 9.47 Å². The van der Waals surface area contributed by atoms with Crippen LogP contribution in [0.15, 0.2) is 12.2 Å². The first kappa shape index (κ1) is 17.0. The van der Waals surface area contributed by atoms with E-state index in [0.717, 1.165) is 39.4 Å². The zero-order valence-corrected chi connectivity index (χ0v) is 15.1. The van der Waals surface area contributed by atoms with Gasteiger partial charge in [0.15, 0.2) is 0 Å². The van der Waals surface area contributed by atoms with E-state index in [1.807, 2.05) is 0 Å². The lowest BCUT2D eigenvalue weighted by atomic mass is 9.90. The molecule has 0 radical (unpaired) electrons. The van der Waals surface area contributed by atoms with Crippen LogP contribution < -0.4 is 0 Å². The van der Waals surface area contributed by atoms with E-state index in [9.17, 15) is 0 Å². The van der Waals surface area contributed by atoms with Gasteiger partial charge in [0.1, 0.15) is 0 Å². The second-order valence-electron chi connectivity index (χ2n) is 7.98. The molecular weight excluding hydrogens is 300 g/mol. The van der Waals surface area contributed by atoms with Gasteiger partial charge in [-0.2, -0.15) is 0 Å². The lowest BCUT2D eigenvalue weighted by Crippen LogP contribution is -2.53. The van der Waals surface area contributed by atoms with Crippen LogP contribution in [0.5, 0.6) is 0 Å². The Hall–Kier alpha value is -0.420. The van der Waals surface area contributed by atoms with Gasteiger partial charge in [-0.05, 0) is 25.7 Å². The highest BCUT2D eigenvalue weighted by Crippen LogP contribution is 2.29. The molecule has 4 fully saturated rings. The monoisotopic (exact) mass is 334 g/mol. The van der Waals surface area contributed by atoms with Gasteiger partial charge >= 0.3 is 0 Å². The zero-order chi connectivity index (χ0) is 16.2. The van der Waals surface area contributed by atoms with Crippen LogP contribution in [0.3, 0.4) is 0 Å². The van der Waals surface area contributed by atoms with Crippen molar-refractivity contribution in [3.05, 3.63) is 12.2 Å². The molecule has 4 unspecified atom stereocenters. The van der Waals surface area contributed by atoms with Gasteiger partial charge in [-0.1, -0.05) is 37.8 Å². The fraction of sp³-hybridized carbons (Fsp3) is 0.900. The molecule has 0 amide bonds. The van der Waals surface area contributed by atoms with Crippen molar-refractivity contribution in [2.24, 2.45) is 0 Å². The van der Waals surface area contributed by atoms with Crippen molar-refractivity contribution in [3.63, 3.8) is 0 Å². The van der Waals surface area contributed by atoms with Crippen LogP contribution in [0.2, 0.25) is 0 Å². The summed E-state index contributed by atoms with van der Waals surface area (Å²) in [5.41, 5.74) is 0. The Labute approximate surface area is 147 Å². The van der Waals surface area contributed by atoms with E-state index in [4.69, 9.17) is 9.47 Å². The predicted molar refractivity (Wildman–Crippen MR) is 96.3 cm³/mol. The SMILES string of the molecule is C(=CCN1CCOC2CCCCC21)CN1CCOC2CCCCC21. The van der Waals surface area contributed by atoms with Gasteiger partial charge in [0.2, 0.25) is 0 Å².